The Morgan fingerprint density at radius 2 is 1.86 bits per heavy atom. The van der Waals surface area contributed by atoms with E-state index in [0.717, 1.165) is 11.8 Å². The minimum absolute atomic E-state index is 0.972. The van der Waals surface area contributed by atoms with E-state index in [1.165, 1.54) is 45.7 Å². The number of nitrogens with zero attached hydrogens (tertiary/aromatic N) is 2. The van der Waals surface area contributed by atoms with E-state index in [9.17, 15) is 0 Å². The molecule has 82 valence electrons. The van der Waals surface area contributed by atoms with Gasteiger partial charge in [-0.1, -0.05) is 0 Å². The number of hydrogen-bond acceptors (Lipinski definition) is 3. The van der Waals surface area contributed by atoms with Gasteiger partial charge in [-0.2, -0.15) is 0 Å². The summed E-state index contributed by atoms with van der Waals surface area (Å²) in [7, 11) is 4.28. The van der Waals surface area contributed by atoms with Gasteiger partial charge in [-0.3, -0.25) is 0 Å². The van der Waals surface area contributed by atoms with E-state index in [2.05, 4.69) is 29.2 Å². The van der Waals surface area contributed by atoms with Crippen LogP contribution in [-0.2, 0) is 0 Å². The van der Waals surface area contributed by atoms with Crippen molar-refractivity contribution in [3.05, 3.63) is 0 Å². The Bertz CT molecular complexity index is 175. The van der Waals surface area contributed by atoms with Crippen molar-refractivity contribution in [3.63, 3.8) is 0 Å². The largest absolute Gasteiger partial charge is 0.319 e. The van der Waals surface area contributed by atoms with Crippen molar-refractivity contribution < 1.29 is 0 Å². The summed E-state index contributed by atoms with van der Waals surface area (Å²) in [5.41, 5.74) is 0. The predicted octanol–water partition coefficient (Wildman–Crippen LogP) is 0.0893. The summed E-state index contributed by atoms with van der Waals surface area (Å²) < 4.78 is 0. The molecule has 0 aromatic heterocycles. The molecule has 1 saturated carbocycles. The van der Waals surface area contributed by atoms with Crippen LogP contribution < -0.4 is 5.32 Å². The fourth-order valence-corrected chi connectivity index (χ4v) is 2.41. The number of rotatable bonds is 4. The Labute approximate surface area is 87.4 Å². The van der Waals surface area contributed by atoms with Crippen molar-refractivity contribution in [1.82, 2.24) is 15.1 Å². The molecule has 2 aliphatic rings. The molecule has 0 radical (unpaired) electrons. The molecule has 2 fully saturated rings. The zero-order chi connectivity index (χ0) is 9.97. The monoisotopic (exact) mass is 197 g/mol. The average molecular weight is 197 g/mol. The fourth-order valence-electron chi connectivity index (χ4n) is 2.41. The van der Waals surface area contributed by atoms with Gasteiger partial charge in [-0.25, -0.2) is 0 Å². The molecule has 1 heterocycles. The topological polar surface area (TPSA) is 18.5 Å². The van der Waals surface area contributed by atoms with E-state index in [0.29, 0.717) is 0 Å². The lowest BCUT2D eigenvalue weighted by molar-refractivity contribution is 0.147. The van der Waals surface area contributed by atoms with Crippen LogP contribution in [0.1, 0.15) is 6.42 Å². The minimum atomic E-state index is 0.972. The third-order valence-electron chi connectivity index (χ3n) is 3.62. The van der Waals surface area contributed by atoms with E-state index < -0.39 is 0 Å². The van der Waals surface area contributed by atoms with Gasteiger partial charge in [0.05, 0.1) is 0 Å². The van der Waals surface area contributed by atoms with Crippen LogP contribution in [0.3, 0.4) is 0 Å². The molecule has 0 aromatic rings. The van der Waals surface area contributed by atoms with E-state index in [-0.39, 0.29) is 0 Å². The molecular formula is C11H23N3. The zero-order valence-corrected chi connectivity index (χ0v) is 9.50. The van der Waals surface area contributed by atoms with Crippen molar-refractivity contribution in [2.24, 2.45) is 11.8 Å². The van der Waals surface area contributed by atoms with Gasteiger partial charge in [-0.05, 0) is 38.9 Å². The molecule has 1 saturated heterocycles. The van der Waals surface area contributed by atoms with Crippen molar-refractivity contribution in [1.29, 1.82) is 0 Å². The van der Waals surface area contributed by atoms with Gasteiger partial charge in [-0.15, -0.1) is 0 Å². The second-order valence-corrected chi connectivity index (χ2v) is 4.92. The van der Waals surface area contributed by atoms with Crippen LogP contribution in [0, 0.1) is 11.8 Å². The molecule has 1 aliphatic carbocycles. The molecular weight excluding hydrogens is 174 g/mol. The lowest BCUT2D eigenvalue weighted by Crippen LogP contribution is -2.45. The van der Waals surface area contributed by atoms with Crippen LogP contribution in [-0.4, -0.2) is 63.2 Å². The van der Waals surface area contributed by atoms with Gasteiger partial charge in [0.1, 0.15) is 0 Å². The summed E-state index contributed by atoms with van der Waals surface area (Å²) in [5.74, 6) is 1.96. The smallest absolute Gasteiger partial charge is 0.0110 e. The average Bonchev–Trinajstić information content (AvgIpc) is 2.89. The highest BCUT2D eigenvalue weighted by Crippen LogP contribution is 2.38. The third kappa shape index (κ3) is 2.69. The number of nitrogens with one attached hydrogen (secondary N) is 1. The predicted molar refractivity (Wildman–Crippen MR) is 59.5 cm³/mol. The molecule has 0 bridgehead atoms. The van der Waals surface area contributed by atoms with E-state index in [1.807, 2.05) is 0 Å². The maximum absolute atomic E-state index is 3.28. The first-order chi connectivity index (χ1) is 6.79. The Kier molecular flexibility index (Phi) is 3.42. The highest BCUT2D eigenvalue weighted by Gasteiger charge is 2.37. The molecule has 3 nitrogen and oxygen atoms in total. The zero-order valence-electron chi connectivity index (χ0n) is 9.50. The second kappa shape index (κ2) is 4.60. The van der Waals surface area contributed by atoms with Gasteiger partial charge < -0.3 is 15.1 Å². The van der Waals surface area contributed by atoms with Gasteiger partial charge in [0.2, 0.25) is 0 Å². The second-order valence-electron chi connectivity index (χ2n) is 4.92. The molecule has 0 spiro atoms. The van der Waals surface area contributed by atoms with E-state index in [4.69, 9.17) is 0 Å². The minimum Gasteiger partial charge on any atom is -0.319 e. The molecule has 1 N–H and O–H groups in total. The van der Waals surface area contributed by atoms with Crippen LogP contribution in [0.2, 0.25) is 0 Å². The maximum Gasteiger partial charge on any atom is 0.0110 e. The molecule has 0 unspecified atom stereocenters. The molecule has 3 heteroatoms. The highest BCUT2D eigenvalue weighted by atomic mass is 15.2. The SMILES string of the molecule is CNC[C@@H]1C[C@H]1CN1CCN(C)CC1. The van der Waals surface area contributed by atoms with Gasteiger partial charge in [0, 0.05) is 32.7 Å². The summed E-state index contributed by atoms with van der Waals surface area (Å²) in [4.78, 5) is 5.06. The molecule has 14 heavy (non-hydrogen) atoms. The first-order valence-corrected chi connectivity index (χ1v) is 5.85. The maximum atomic E-state index is 3.28. The lowest BCUT2D eigenvalue weighted by atomic mass is 10.2. The molecule has 2 rings (SSSR count). The Morgan fingerprint density at radius 3 is 2.50 bits per heavy atom. The van der Waals surface area contributed by atoms with Crippen molar-refractivity contribution >= 4 is 0 Å². The molecule has 0 amide bonds. The van der Waals surface area contributed by atoms with Gasteiger partial charge >= 0.3 is 0 Å². The highest BCUT2D eigenvalue weighted by molar-refractivity contribution is 4.90. The summed E-state index contributed by atoms with van der Waals surface area (Å²) in [6, 6.07) is 0. The Hall–Kier alpha value is -0.120. The van der Waals surface area contributed by atoms with Crippen LogP contribution >= 0.6 is 0 Å². The summed E-state index contributed by atoms with van der Waals surface area (Å²) >= 11 is 0. The molecule has 1 aliphatic heterocycles. The molecule has 2 atom stereocenters. The van der Waals surface area contributed by atoms with Crippen molar-refractivity contribution in [3.8, 4) is 0 Å². The number of likely N-dealkylation sites (N-methyl/N-ethyl adjacent to an activating group) is 1. The normalized spacial score (nSPS) is 34.7. The lowest BCUT2D eigenvalue weighted by Gasteiger charge is -2.32. The van der Waals surface area contributed by atoms with Gasteiger partial charge in [0.25, 0.3) is 0 Å². The number of hydrogen-bond donors (Lipinski definition) is 1. The summed E-state index contributed by atoms with van der Waals surface area (Å²) in [5, 5.41) is 3.28. The first kappa shape index (κ1) is 10.4. The van der Waals surface area contributed by atoms with E-state index in [1.54, 1.807) is 0 Å². The van der Waals surface area contributed by atoms with Crippen molar-refractivity contribution in [2.45, 2.75) is 6.42 Å². The quantitative estimate of drug-likeness (QED) is 0.689. The van der Waals surface area contributed by atoms with Crippen LogP contribution in [0.5, 0.6) is 0 Å². The third-order valence-corrected chi connectivity index (χ3v) is 3.62. The van der Waals surface area contributed by atoms with Crippen LogP contribution in [0.15, 0.2) is 0 Å². The van der Waals surface area contributed by atoms with Crippen molar-refractivity contribution in [2.75, 3.05) is 53.4 Å². The number of piperazine rings is 1. The van der Waals surface area contributed by atoms with Crippen LogP contribution in [0.25, 0.3) is 0 Å². The van der Waals surface area contributed by atoms with Crippen LogP contribution in [0.4, 0.5) is 0 Å². The van der Waals surface area contributed by atoms with Gasteiger partial charge in [0.15, 0.2) is 0 Å². The Morgan fingerprint density at radius 1 is 1.14 bits per heavy atom. The summed E-state index contributed by atoms with van der Waals surface area (Å²) in [6.07, 6.45) is 1.45. The Balaban J connectivity index is 1.62. The van der Waals surface area contributed by atoms with E-state index >= 15 is 0 Å². The standard InChI is InChI=1S/C11H23N3/c1-12-8-10-7-11(10)9-14-5-3-13(2)4-6-14/h10-12H,3-9H2,1-2H3/t10-,11-/m0/s1. The summed E-state index contributed by atoms with van der Waals surface area (Å²) in [6.45, 7) is 7.63. The fraction of sp³-hybridized carbons (Fsp3) is 1.00. The molecule has 0 aromatic carbocycles. The first-order valence-electron chi connectivity index (χ1n) is 5.85.